The first-order chi connectivity index (χ1) is 13.5. The molecule has 0 aliphatic carbocycles. The molecule has 8 nitrogen and oxygen atoms in total. The summed E-state index contributed by atoms with van der Waals surface area (Å²) in [6.45, 7) is 3.49. The molecule has 1 aliphatic rings. The zero-order valence-electron chi connectivity index (χ0n) is 15.5. The standard InChI is InChI=1S/C20H20N6O2/c1-20(18(22)27)8-9-25(13-20)19-24-23-17(15-6-4-14(11-21)5-7-15)26(19)12-16-3-2-10-28-16/h2-7,10H,8-9,12-13H2,1H3,(H2,22,27). The smallest absolute Gasteiger partial charge is 0.227 e. The van der Waals surface area contributed by atoms with Gasteiger partial charge in [-0.15, -0.1) is 10.2 Å². The second kappa shape index (κ2) is 6.85. The first-order valence-corrected chi connectivity index (χ1v) is 9.01. The minimum atomic E-state index is -0.587. The Labute approximate surface area is 162 Å². The van der Waals surface area contributed by atoms with Crippen LogP contribution in [0.4, 0.5) is 5.95 Å². The molecule has 142 valence electrons. The monoisotopic (exact) mass is 376 g/mol. The summed E-state index contributed by atoms with van der Waals surface area (Å²) < 4.78 is 7.48. The van der Waals surface area contributed by atoms with Crippen LogP contribution in [0.1, 0.15) is 24.7 Å². The zero-order chi connectivity index (χ0) is 19.7. The molecule has 3 aromatic rings. The Morgan fingerprint density at radius 1 is 1.32 bits per heavy atom. The van der Waals surface area contributed by atoms with Crippen LogP contribution in [0.2, 0.25) is 0 Å². The number of hydrogen-bond donors (Lipinski definition) is 1. The van der Waals surface area contributed by atoms with Gasteiger partial charge in [-0.25, -0.2) is 0 Å². The SMILES string of the molecule is CC1(C(N)=O)CCN(c2nnc(-c3ccc(C#N)cc3)n2Cc2ccco2)C1. The third kappa shape index (κ3) is 3.11. The Balaban J connectivity index is 1.73. The Bertz CT molecular complexity index is 1030. The van der Waals surface area contributed by atoms with E-state index < -0.39 is 5.41 Å². The maximum Gasteiger partial charge on any atom is 0.227 e. The number of primary amides is 1. The fourth-order valence-corrected chi connectivity index (χ4v) is 3.47. The molecule has 3 heterocycles. The van der Waals surface area contributed by atoms with E-state index in [9.17, 15) is 4.79 Å². The summed E-state index contributed by atoms with van der Waals surface area (Å²) in [5.74, 6) is 1.80. The molecule has 1 atom stereocenters. The predicted octanol–water partition coefficient (Wildman–Crippen LogP) is 2.16. The summed E-state index contributed by atoms with van der Waals surface area (Å²) in [6, 6.07) is 13.0. The number of aromatic nitrogens is 3. The van der Waals surface area contributed by atoms with Gasteiger partial charge in [0.05, 0.1) is 29.9 Å². The van der Waals surface area contributed by atoms with Gasteiger partial charge in [0.15, 0.2) is 5.82 Å². The molecule has 28 heavy (non-hydrogen) atoms. The molecule has 0 saturated carbocycles. The lowest BCUT2D eigenvalue weighted by Gasteiger charge is -2.22. The van der Waals surface area contributed by atoms with Crippen molar-refractivity contribution in [1.29, 1.82) is 5.26 Å². The topological polar surface area (TPSA) is 114 Å². The summed E-state index contributed by atoms with van der Waals surface area (Å²) in [7, 11) is 0. The van der Waals surface area contributed by atoms with Crippen LogP contribution >= 0.6 is 0 Å². The highest BCUT2D eigenvalue weighted by molar-refractivity contribution is 5.82. The second-order valence-corrected chi connectivity index (χ2v) is 7.27. The molecule has 0 spiro atoms. The van der Waals surface area contributed by atoms with Crippen LogP contribution in [0.3, 0.4) is 0 Å². The number of furan rings is 1. The molecule has 1 saturated heterocycles. The summed E-state index contributed by atoms with van der Waals surface area (Å²) >= 11 is 0. The van der Waals surface area contributed by atoms with Gasteiger partial charge in [-0.3, -0.25) is 9.36 Å². The Kier molecular flexibility index (Phi) is 4.35. The Morgan fingerprint density at radius 3 is 2.71 bits per heavy atom. The molecule has 1 aliphatic heterocycles. The fourth-order valence-electron chi connectivity index (χ4n) is 3.47. The van der Waals surface area contributed by atoms with E-state index in [1.807, 2.05) is 40.7 Å². The number of carbonyl (C=O) groups is 1. The third-order valence-electron chi connectivity index (χ3n) is 5.25. The average Bonchev–Trinajstić information content (AvgIpc) is 3.43. The number of amides is 1. The minimum absolute atomic E-state index is 0.306. The summed E-state index contributed by atoms with van der Waals surface area (Å²) in [5.41, 5.74) is 6.44. The number of anilines is 1. The van der Waals surface area contributed by atoms with E-state index in [0.717, 1.165) is 11.3 Å². The number of nitriles is 1. The van der Waals surface area contributed by atoms with E-state index in [1.54, 1.807) is 18.4 Å². The van der Waals surface area contributed by atoms with Crippen LogP contribution in [-0.2, 0) is 11.3 Å². The summed E-state index contributed by atoms with van der Waals surface area (Å²) in [6.07, 6.45) is 2.29. The predicted molar refractivity (Wildman–Crippen MR) is 102 cm³/mol. The number of benzene rings is 1. The normalized spacial score (nSPS) is 18.9. The molecule has 1 aromatic carbocycles. The number of rotatable bonds is 5. The van der Waals surface area contributed by atoms with Crippen LogP contribution in [0.5, 0.6) is 0 Å². The molecule has 1 fully saturated rings. The molecule has 1 amide bonds. The van der Waals surface area contributed by atoms with Crippen LogP contribution in [0.25, 0.3) is 11.4 Å². The molecular weight excluding hydrogens is 356 g/mol. The molecule has 0 bridgehead atoms. The quantitative estimate of drug-likeness (QED) is 0.730. The van der Waals surface area contributed by atoms with Crippen molar-refractivity contribution < 1.29 is 9.21 Å². The van der Waals surface area contributed by atoms with Crippen LogP contribution in [0.15, 0.2) is 47.1 Å². The van der Waals surface area contributed by atoms with Gasteiger partial charge in [-0.1, -0.05) is 0 Å². The van der Waals surface area contributed by atoms with E-state index in [2.05, 4.69) is 16.3 Å². The van der Waals surface area contributed by atoms with Gasteiger partial charge in [0, 0.05) is 18.7 Å². The van der Waals surface area contributed by atoms with Gasteiger partial charge in [0.1, 0.15) is 5.76 Å². The molecule has 0 radical (unpaired) electrons. The average molecular weight is 376 g/mol. The van der Waals surface area contributed by atoms with Gasteiger partial charge in [-0.2, -0.15) is 5.26 Å². The molecular formula is C20H20N6O2. The maximum atomic E-state index is 11.8. The van der Waals surface area contributed by atoms with Gasteiger partial charge in [0.2, 0.25) is 11.9 Å². The summed E-state index contributed by atoms with van der Waals surface area (Å²) in [4.78, 5) is 13.9. The molecule has 8 heteroatoms. The van der Waals surface area contributed by atoms with E-state index in [0.29, 0.717) is 43.4 Å². The zero-order valence-corrected chi connectivity index (χ0v) is 15.5. The largest absolute Gasteiger partial charge is 0.467 e. The van der Waals surface area contributed by atoms with Crippen molar-refractivity contribution in [2.45, 2.75) is 19.9 Å². The van der Waals surface area contributed by atoms with Crippen LogP contribution in [0, 0.1) is 16.7 Å². The fraction of sp³-hybridized carbons (Fsp3) is 0.300. The van der Waals surface area contributed by atoms with Crippen molar-refractivity contribution in [3.8, 4) is 17.5 Å². The van der Waals surface area contributed by atoms with Crippen LogP contribution < -0.4 is 10.6 Å². The van der Waals surface area contributed by atoms with E-state index >= 15 is 0 Å². The lowest BCUT2D eigenvalue weighted by atomic mass is 9.89. The highest BCUT2D eigenvalue weighted by Crippen LogP contribution is 2.34. The first-order valence-electron chi connectivity index (χ1n) is 9.01. The lowest BCUT2D eigenvalue weighted by molar-refractivity contribution is -0.125. The molecule has 1 unspecified atom stereocenters. The van der Waals surface area contributed by atoms with Gasteiger partial charge in [0.25, 0.3) is 0 Å². The summed E-state index contributed by atoms with van der Waals surface area (Å²) in [5, 5.41) is 17.8. The van der Waals surface area contributed by atoms with Gasteiger partial charge >= 0.3 is 0 Å². The molecule has 2 N–H and O–H groups in total. The minimum Gasteiger partial charge on any atom is -0.467 e. The van der Waals surface area contributed by atoms with Crippen molar-refractivity contribution in [2.75, 3.05) is 18.0 Å². The van der Waals surface area contributed by atoms with Gasteiger partial charge in [-0.05, 0) is 49.7 Å². The van der Waals surface area contributed by atoms with E-state index in [-0.39, 0.29) is 5.91 Å². The molecule has 4 rings (SSSR count). The number of nitrogens with zero attached hydrogens (tertiary/aromatic N) is 5. The molecule has 2 aromatic heterocycles. The highest BCUT2D eigenvalue weighted by Gasteiger charge is 2.40. The Morgan fingerprint density at radius 2 is 2.11 bits per heavy atom. The van der Waals surface area contributed by atoms with Crippen molar-refractivity contribution in [1.82, 2.24) is 14.8 Å². The van der Waals surface area contributed by atoms with Gasteiger partial charge < -0.3 is 15.1 Å². The third-order valence-corrected chi connectivity index (χ3v) is 5.25. The number of nitrogens with two attached hydrogens (primary N) is 1. The van der Waals surface area contributed by atoms with Crippen molar-refractivity contribution in [3.05, 3.63) is 54.0 Å². The van der Waals surface area contributed by atoms with Crippen molar-refractivity contribution in [3.63, 3.8) is 0 Å². The number of carbonyl (C=O) groups excluding carboxylic acids is 1. The second-order valence-electron chi connectivity index (χ2n) is 7.27. The number of hydrogen-bond acceptors (Lipinski definition) is 6. The highest BCUT2D eigenvalue weighted by atomic mass is 16.3. The maximum absolute atomic E-state index is 11.8. The Hall–Kier alpha value is -3.60. The first kappa shape index (κ1) is 17.8. The van der Waals surface area contributed by atoms with E-state index in [4.69, 9.17) is 15.4 Å². The van der Waals surface area contributed by atoms with E-state index in [1.165, 1.54) is 0 Å². The lowest BCUT2D eigenvalue weighted by Crippen LogP contribution is -2.37. The van der Waals surface area contributed by atoms with Crippen molar-refractivity contribution in [2.24, 2.45) is 11.1 Å². The van der Waals surface area contributed by atoms with Crippen LogP contribution in [-0.4, -0.2) is 33.8 Å². The van der Waals surface area contributed by atoms with Crippen molar-refractivity contribution >= 4 is 11.9 Å².